The largest absolute Gasteiger partial charge is 0.328 e. The van der Waals surface area contributed by atoms with Crippen molar-refractivity contribution in [3.63, 3.8) is 0 Å². The molecule has 0 saturated carbocycles. The van der Waals surface area contributed by atoms with Gasteiger partial charge in [-0.05, 0) is 62.3 Å². The molecule has 0 aliphatic carbocycles. The Hall–Kier alpha value is -0.890. The summed E-state index contributed by atoms with van der Waals surface area (Å²) < 4.78 is 13.6. The van der Waals surface area contributed by atoms with Crippen LogP contribution in [0.3, 0.4) is 0 Å². The van der Waals surface area contributed by atoms with Crippen molar-refractivity contribution in [1.82, 2.24) is 0 Å². The molecule has 0 heterocycles. The Morgan fingerprint density at radius 2 is 1.88 bits per heavy atom. The zero-order valence-corrected chi connectivity index (χ0v) is 10.5. The second-order valence-electron chi connectivity index (χ2n) is 4.59. The molecule has 16 heavy (non-hydrogen) atoms. The van der Waals surface area contributed by atoms with Crippen molar-refractivity contribution in [2.45, 2.75) is 52.5 Å². The fourth-order valence-corrected chi connectivity index (χ4v) is 1.79. The van der Waals surface area contributed by atoms with Gasteiger partial charge in [-0.25, -0.2) is 4.39 Å². The molecule has 1 atom stereocenters. The van der Waals surface area contributed by atoms with E-state index in [0.29, 0.717) is 0 Å². The van der Waals surface area contributed by atoms with Gasteiger partial charge in [-0.15, -0.1) is 0 Å². The Labute approximate surface area is 97.9 Å². The van der Waals surface area contributed by atoms with Crippen molar-refractivity contribution in [2.24, 2.45) is 5.73 Å². The predicted molar refractivity (Wildman–Crippen MR) is 67.1 cm³/mol. The molecule has 1 aromatic rings. The fraction of sp³-hybridized carbons (Fsp3) is 0.571. The van der Waals surface area contributed by atoms with Gasteiger partial charge in [0, 0.05) is 6.04 Å². The summed E-state index contributed by atoms with van der Waals surface area (Å²) in [5, 5.41) is 0. The molecule has 2 heteroatoms. The second-order valence-corrected chi connectivity index (χ2v) is 4.59. The minimum atomic E-state index is -0.0758. The van der Waals surface area contributed by atoms with Crippen LogP contribution in [0, 0.1) is 19.7 Å². The molecule has 2 N–H and O–H groups in total. The maximum absolute atomic E-state index is 13.6. The molecule has 0 spiro atoms. The lowest BCUT2D eigenvalue weighted by atomic mass is 10.00. The fourth-order valence-electron chi connectivity index (χ4n) is 1.79. The second kappa shape index (κ2) is 6.00. The van der Waals surface area contributed by atoms with Gasteiger partial charge in [0.1, 0.15) is 5.82 Å². The zero-order chi connectivity index (χ0) is 12.1. The summed E-state index contributed by atoms with van der Waals surface area (Å²) in [6.45, 7) is 6.05. The van der Waals surface area contributed by atoms with E-state index in [1.165, 1.54) is 0 Å². The van der Waals surface area contributed by atoms with Gasteiger partial charge in [-0.1, -0.05) is 13.0 Å². The highest BCUT2D eigenvalue weighted by Crippen LogP contribution is 2.17. The number of hydrogen-bond donors (Lipinski definition) is 1. The SMILES string of the molecule is CCC(N)CCCc1cc(C)c(C)cc1F. The predicted octanol–water partition coefficient (Wildman–Crippen LogP) is 3.50. The van der Waals surface area contributed by atoms with Gasteiger partial charge in [-0.3, -0.25) is 0 Å². The van der Waals surface area contributed by atoms with Crippen LogP contribution < -0.4 is 5.73 Å². The van der Waals surface area contributed by atoms with Crippen LogP contribution in [-0.2, 0) is 6.42 Å². The highest BCUT2D eigenvalue weighted by molar-refractivity contribution is 5.31. The van der Waals surface area contributed by atoms with Crippen LogP contribution in [-0.4, -0.2) is 6.04 Å². The molecule has 0 saturated heterocycles. The average molecular weight is 223 g/mol. The van der Waals surface area contributed by atoms with E-state index in [-0.39, 0.29) is 11.9 Å². The maximum Gasteiger partial charge on any atom is 0.126 e. The van der Waals surface area contributed by atoms with Gasteiger partial charge in [0.05, 0.1) is 0 Å². The first-order valence-corrected chi connectivity index (χ1v) is 6.05. The number of hydrogen-bond acceptors (Lipinski definition) is 1. The average Bonchev–Trinajstić information content (AvgIpc) is 2.25. The maximum atomic E-state index is 13.6. The lowest BCUT2D eigenvalue weighted by molar-refractivity contribution is 0.553. The summed E-state index contributed by atoms with van der Waals surface area (Å²) in [7, 11) is 0. The molecule has 0 radical (unpaired) electrons. The molecule has 1 rings (SSSR count). The molecular weight excluding hydrogens is 201 g/mol. The van der Waals surface area contributed by atoms with Crippen LogP contribution >= 0.6 is 0 Å². The first-order chi connectivity index (χ1) is 7.54. The summed E-state index contributed by atoms with van der Waals surface area (Å²) >= 11 is 0. The molecule has 1 aromatic carbocycles. The number of benzene rings is 1. The lowest BCUT2D eigenvalue weighted by Crippen LogP contribution is -2.18. The Kier molecular flexibility index (Phi) is 4.94. The highest BCUT2D eigenvalue weighted by Gasteiger charge is 2.06. The van der Waals surface area contributed by atoms with Crippen molar-refractivity contribution < 1.29 is 4.39 Å². The van der Waals surface area contributed by atoms with E-state index < -0.39 is 0 Å². The minimum Gasteiger partial charge on any atom is -0.328 e. The minimum absolute atomic E-state index is 0.0758. The molecule has 1 nitrogen and oxygen atoms in total. The third kappa shape index (κ3) is 3.60. The Bertz CT molecular complexity index is 347. The Morgan fingerprint density at radius 1 is 1.25 bits per heavy atom. The quantitative estimate of drug-likeness (QED) is 0.812. The summed E-state index contributed by atoms with van der Waals surface area (Å²) in [4.78, 5) is 0. The Balaban J connectivity index is 2.57. The normalized spacial score (nSPS) is 12.8. The highest BCUT2D eigenvalue weighted by atomic mass is 19.1. The monoisotopic (exact) mass is 223 g/mol. The number of halogens is 1. The van der Waals surface area contributed by atoms with Crippen LogP contribution in [0.25, 0.3) is 0 Å². The molecule has 1 unspecified atom stereocenters. The molecule has 0 fully saturated rings. The van der Waals surface area contributed by atoms with Crippen LogP contribution in [0.1, 0.15) is 42.9 Å². The third-order valence-corrected chi connectivity index (χ3v) is 3.21. The van der Waals surface area contributed by atoms with Gasteiger partial charge in [0.25, 0.3) is 0 Å². The smallest absolute Gasteiger partial charge is 0.126 e. The van der Waals surface area contributed by atoms with Gasteiger partial charge in [0.15, 0.2) is 0 Å². The number of nitrogens with two attached hydrogens (primary N) is 1. The number of aryl methyl sites for hydroxylation is 3. The van der Waals surface area contributed by atoms with Crippen molar-refractivity contribution in [1.29, 1.82) is 0 Å². The van der Waals surface area contributed by atoms with Gasteiger partial charge in [0.2, 0.25) is 0 Å². The van der Waals surface area contributed by atoms with Crippen molar-refractivity contribution in [3.05, 3.63) is 34.6 Å². The molecule has 0 aromatic heterocycles. The third-order valence-electron chi connectivity index (χ3n) is 3.21. The molecule has 0 bridgehead atoms. The van der Waals surface area contributed by atoms with E-state index in [9.17, 15) is 4.39 Å². The van der Waals surface area contributed by atoms with E-state index in [1.54, 1.807) is 6.07 Å². The molecule has 0 amide bonds. The standard InChI is InChI=1S/C14H22FN/c1-4-13(16)7-5-6-12-8-10(2)11(3)9-14(12)15/h8-9,13H,4-7,16H2,1-3H3. The molecule has 0 aliphatic rings. The lowest BCUT2D eigenvalue weighted by Gasteiger charge is -2.10. The van der Waals surface area contributed by atoms with Crippen molar-refractivity contribution in [3.8, 4) is 0 Å². The van der Waals surface area contributed by atoms with Crippen molar-refractivity contribution >= 4 is 0 Å². The topological polar surface area (TPSA) is 26.0 Å². The summed E-state index contributed by atoms with van der Waals surface area (Å²) in [5.74, 6) is -0.0758. The van der Waals surface area contributed by atoms with Crippen LogP contribution in [0.2, 0.25) is 0 Å². The summed E-state index contributed by atoms with van der Waals surface area (Å²) in [6, 6.07) is 3.85. The van der Waals surface area contributed by atoms with E-state index >= 15 is 0 Å². The van der Waals surface area contributed by atoms with E-state index in [2.05, 4.69) is 6.92 Å². The van der Waals surface area contributed by atoms with Crippen LogP contribution in [0.15, 0.2) is 12.1 Å². The molecule has 90 valence electrons. The van der Waals surface area contributed by atoms with Crippen LogP contribution in [0.5, 0.6) is 0 Å². The molecule has 0 aliphatic heterocycles. The summed E-state index contributed by atoms with van der Waals surface area (Å²) in [5.41, 5.74) is 8.84. The molecular formula is C14H22FN. The van der Waals surface area contributed by atoms with E-state index in [1.807, 2.05) is 19.9 Å². The van der Waals surface area contributed by atoms with Gasteiger partial charge in [-0.2, -0.15) is 0 Å². The number of rotatable bonds is 5. The zero-order valence-electron chi connectivity index (χ0n) is 10.5. The summed E-state index contributed by atoms with van der Waals surface area (Å²) in [6.07, 6.45) is 3.73. The first kappa shape index (κ1) is 13.2. The Morgan fingerprint density at radius 3 is 2.50 bits per heavy atom. The van der Waals surface area contributed by atoms with E-state index in [0.717, 1.165) is 42.4 Å². The van der Waals surface area contributed by atoms with Crippen LogP contribution in [0.4, 0.5) is 4.39 Å². The van der Waals surface area contributed by atoms with Gasteiger partial charge < -0.3 is 5.73 Å². The first-order valence-electron chi connectivity index (χ1n) is 6.05. The van der Waals surface area contributed by atoms with Crippen molar-refractivity contribution in [2.75, 3.05) is 0 Å². The van der Waals surface area contributed by atoms with E-state index in [4.69, 9.17) is 5.73 Å². The van der Waals surface area contributed by atoms with Gasteiger partial charge >= 0.3 is 0 Å².